The maximum absolute atomic E-state index is 4.20. The summed E-state index contributed by atoms with van der Waals surface area (Å²) in [6.07, 6.45) is 4.52. The van der Waals surface area contributed by atoms with Gasteiger partial charge in [-0.05, 0) is 25.8 Å². The third-order valence-electron chi connectivity index (χ3n) is 3.43. The monoisotopic (exact) mass is 194 g/mol. The normalized spacial score (nSPS) is 32.4. The molecule has 1 saturated carbocycles. The Morgan fingerprint density at radius 1 is 1.50 bits per heavy atom. The van der Waals surface area contributed by atoms with Crippen LogP contribution in [-0.4, -0.2) is 28.1 Å². The quantitative estimate of drug-likeness (QED) is 0.761. The average molecular weight is 194 g/mol. The van der Waals surface area contributed by atoms with Crippen molar-refractivity contribution in [3.05, 3.63) is 11.9 Å². The van der Waals surface area contributed by atoms with Crippen LogP contribution in [0.25, 0.3) is 0 Å². The van der Waals surface area contributed by atoms with E-state index in [4.69, 9.17) is 0 Å². The number of rotatable bonds is 2. The molecule has 0 amide bonds. The van der Waals surface area contributed by atoms with Crippen LogP contribution in [0.2, 0.25) is 0 Å². The van der Waals surface area contributed by atoms with E-state index in [2.05, 4.69) is 22.6 Å². The van der Waals surface area contributed by atoms with Crippen molar-refractivity contribution in [3.63, 3.8) is 0 Å². The van der Waals surface area contributed by atoms with Crippen molar-refractivity contribution in [3.8, 4) is 0 Å². The number of hydrogen-bond donors (Lipinski definition) is 1. The summed E-state index contributed by atoms with van der Waals surface area (Å²) in [6.45, 7) is 2.30. The number of hydrogen-bond acceptors (Lipinski definition) is 3. The van der Waals surface area contributed by atoms with Gasteiger partial charge in [-0.25, -0.2) is 0 Å². The molecule has 2 rings (SSSR count). The van der Waals surface area contributed by atoms with Gasteiger partial charge in [-0.15, -0.1) is 5.10 Å². The summed E-state index contributed by atoms with van der Waals surface area (Å²) in [7, 11) is 3.96. The Morgan fingerprint density at radius 3 is 2.79 bits per heavy atom. The zero-order valence-electron chi connectivity index (χ0n) is 9.07. The van der Waals surface area contributed by atoms with E-state index in [1.807, 2.05) is 20.3 Å². The maximum atomic E-state index is 4.20. The van der Waals surface area contributed by atoms with E-state index in [-0.39, 0.29) is 0 Å². The first-order valence-electron chi connectivity index (χ1n) is 5.26. The summed E-state index contributed by atoms with van der Waals surface area (Å²) < 4.78 is 1.79. The molecule has 1 aliphatic carbocycles. The average Bonchev–Trinajstić information content (AvgIpc) is 2.72. The van der Waals surface area contributed by atoms with Gasteiger partial charge in [-0.3, -0.25) is 4.68 Å². The zero-order valence-corrected chi connectivity index (χ0v) is 9.07. The summed E-state index contributed by atoms with van der Waals surface area (Å²) >= 11 is 0. The molecule has 1 N–H and O–H groups in total. The minimum atomic E-state index is 0.584. The van der Waals surface area contributed by atoms with Crippen molar-refractivity contribution in [1.82, 2.24) is 20.3 Å². The Bertz CT molecular complexity index is 307. The van der Waals surface area contributed by atoms with Crippen LogP contribution < -0.4 is 5.32 Å². The summed E-state index contributed by atoms with van der Waals surface area (Å²) in [4.78, 5) is 0. The third-order valence-corrected chi connectivity index (χ3v) is 3.43. The van der Waals surface area contributed by atoms with Crippen molar-refractivity contribution in [2.45, 2.75) is 31.7 Å². The van der Waals surface area contributed by atoms with Crippen LogP contribution in [0.4, 0.5) is 0 Å². The van der Waals surface area contributed by atoms with Crippen LogP contribution in [0.15, 0.2) is 6.20 Å². The smallest absolute Gasteiger partial charge is 0.0861 e. The Balaban J connectivity index is 2.13. The summed E-state index contributed by atoms with van der Waals surface area (Å²) in [6, 6.07) is 0.641. The van der Waals surface area contributed by atoms with Crippen LogP contribution in [0, 0.1) is 5.92 Å². The number of nitrogens with zero attached hydrogens (tertiary/aromatic N) is 3. The first-order chi connectivity index (χ1) is 6.72. The van der Waals surface area contributed by atoms with Gasteiger partial charge in [0.15, 0.2) is 0 Å². The van der Waals surface area contributed by atoms with Gasteiger partial charge in [-0.1, -0.05) is 12.1 Å². The summed E-state index contributed by atoms with van der Waals surface area (Å²) in [5.41, 5.74) is 1.15. The first-order valence-corrected chi connectivity index (χ1v) is 5.26. The van der Waals surface area contributed by atoms with E-state index < -0.39 is 0 Å². The van der Waals surface area contributed by atoms with Crippen molar-refractivity contribution in [2.75, 3.05) is 7.05 Å². The Kier molecular flexibility index (Phi) is 2.54. The minimum absolute atomic E-state index is 0.584. The summed E-state index contributed by atoms with van der Waals surface area (Å²) in [5.74, 6) is 1.25. The van der Waals surface area contributed by atoms with E-state index >= 15 is 0 Å². The van der Waals surface area contributed by atoms with Gasteiger partial charge >= 0.3 is 0 Å². The van der Waals surface area contributed by atoms with Gasteiger partial charge in [0.1, 0.15) is 0 Å². The fourth-order valence-corrected chi connectivity index (χ4v) is 2.52. The molecular weight excluding hydrogens is 176 g/mol. The predicted octanol–water partition coefficient (Wildman–Crippen LogP) is 0.917. The molecule has 4 heteroatoms. The number of nitrogens with one attached hydrogen (secondary N) is 1. The van der Waals surface area contributed by atoms with Gasteiger partial charge in [-0.2, -0.15) is 0 Å². The van der Waals surface area contributed by atoms with Crippen molar-refractivity contribution < 1.29 is 0 Å². The van der Waals surface area contributed by atoms with Gasteiger partial charge in [0.05, 0.1) is 5.69 Å². The zero-order chi connectivity index (χ0) is 10.1. The standard InChI is InChI=1S/C10H18N4/c1-7-8(4-5-9(7)11-2)10-6-14(3)13-12-10/h6-9,11H,4-5H2,1-3H3. The lowest BCUT2D eigenvalue weighted by atomic mass is 9.93. The molecule has 1 fully saturated rings. The van der Waals surface area contributed by atoms with Crippen molar-refractivity contribution in [1.29, 1.82) is 0 Å². The van der Waals surface area contributed by atoms with Crippen LogP contribution in [0.3, 0.4) is 0 Å². The molecule has 1 aromatic rings. The van der Waals surface area contributed by atoms with Crippen LogP contribution in [-0.2, 0) is 7.05 Å². The van der Waals surface area contributed by atoms with Crippen molar-refractivity contribution >= 4 is 0 Å². The topological polar surface area (TPSA) is 42.7 Å². The van der Waals surface area contributed by atoms with Crippen molar-refractivity contribution in [2.24, 2.45) is 13.0 Å². The van der Waals surface area contributed by atoms with Crippen LogP contribution in [0.5, 0.6) is 0 Å². The number of aryl methyl sites for hydroxylation is 1. The molecule has 0 radical (unpaired) electrons. The summed E-state index contributed by atoms with van der Waals surface area (Å²) in [5, 5.41) is 11.6. The Morgan fingerprint density at radius 2 is 2.29 bits per heavy atom. The second-order valence-corrected chi connectivity index (χ2v) is 4.26. The lowest BCUT2D eigenvalue weighted by molar-refractivity contribution is 0.424. The highest BCUT2D eigenvalue weighted by molar-refractivity contribution is 5.08. The highest BCUT2D eigenvalue weighted by Gasteiger charge is 2.34. The maximum Gasteiger partial charge on any atom is 0.0861 e. The lowest BCUT2D eigenvalue weighted by Gasteiger charge is -2.18. The van der Waals surface area contributed by atoms with E-state index in [0.29, 0.717) is 17.9 Å². The highest BCUT2D eigenvalue weighted by Crippen LogP contribution is 2.38. The van der Waals surface area contributed by atoms with E-state index in [9.17, 15) is 0 Å². The predicted molar refractivity (Wildman–Crippen MR) is 55.0 cm³/mol. The minimum Gasteiger partial charge on any atom is -0.317 e. The molecule has 0 aromatic carbocycles. The van der Waals surface area contributed by atoms with Gasteiger partial charge < -0.3 is 5.32 Å². The second-order valence-electron chi connectivity index (χ2n) is 4.26. The molecule has 14 heavy (non-hydrogen) atoms. The van der Waals surface area contributed by atoms with Gasteiger partial charge in [0.25, 0.3) is 0 Å². The van der Waals surface area contributed by atoms with Gasteiger partial charge in [0, 0.05) is 25.2 Å². The molecule has 0 aliphatic heterocycles. The molecule has 1 aromatic heterocycles. The first kappa shape index (κ1) is 9.65. The molecular formula is C10H18N4. The van der Waals surface area contributed by atoms with E-state index in [1.165, 1.54) is 12.8 Å². The molecule has 4 nitrogen and oxygen atoms in total. The molecule has 0 spiro atoms. The fourth-order valence-electron chi connectivity index (χ4n) is 2.52. The molecule has 1 aliphatic rings. The molecule has 78 valence electrons. The van der Waals surface area contributed by atoms with E-state index in [1.54, 1.807) is 4.68 Å². The largest absolute Gasteiger partial charge is 0.317 e. The fraction of sp³-hybridized carbons (Fsp3) is 0.800. The molecule has 0 bridgehead atoms. The van der Waals surface area contributed by atoms with Crippen LogP contribution >= 0.6 is 0 Å². The lowest BCUT2D eigenvalue weighted by Crippen LogP contribution is -2.28. The second kappa shape index (κ2) is 3.69. The molecule has 3 unspecified atom stereocenters. The van der Waals surface area contributed by atoms with Gasteiger partial charge in [0.2, 0.25) is 0 Å². The Hall–Kier alpha value is -0.900. The van der Waals surface area contributed by atoms with E-state index in [0.717, 1.165) is 5.69 Å². The number of aromatic nitrogens is 3. The highest BCUT2D eigenvalue weighted by atomic mass is 15.4. The molecule has 0 saturated heterocycles. The Labute approximate surface area is 84.7 Å². The van der Waals surface area contributed by atoms with Crippen LogP contribution in [0.1, 0.15) is 31.4 Å². The SMILES string of the molecule is CNC1CCC(c2cn(C)nn2)C1C. The molecule has 3 atom stereocenters. The molecule has 1 heterocycles. The third kappa shape index (κ3) is 1.54.